The van der Waals surface area contributed by atoms with Crippen molar-refractivity contribution in [2.24, 2.45) is 4.99 Å². The zero-order valence-corrected chi connectivity index (χ0v) is 14.3. The number of nitrogens with one attached hydrogen (secondary N) is 2. The van der Waals surface area contributed by atoms with Crippen molar-refractivity contribution in [2.45, 2.75) is 39.2 Å². The molecule has 2 heterocycles. The maximum atomic E-state index is 12.1. The molecule has 0 spiro atoms. The van der Waals surface area contributed by atoms with Crippen LogP contribution in [0.2, 0.25) is 0 Å². The summed E-state index contributed by atoms with van der Waals surface area (Å²) in [4.78, 5) is 19.0. The molecule has 5 heteroatoms. The smallest absolute Gasteiger partial charge is 0.226 e. The zero-order valence-electron chi connectivity index (χ0n) is 14.3. The summed E-state index contributed by atoms with van der Waals surface area (Å²) in [5.41, 5.74) is 2.89. The molecule has 1 aromatic rings. The van der Waals surface area contributed by atoms with E-state index in [1.165, 1.54) is 0 Å². The molecule has 0 saturated carbocycles. The van der Waals surface area contributed by atoms with Crippen LogP contribution in [0, 0.1) is 6.92 Å². The van der Waals surface area contributed by atoms with E-state index in [1.807, 2.05) is 44.2 Å². The van der Waals surface area contributed by atoms with E-state index >= 15 is 0 Å². The molecule has 0 bridgehead atoms. The van der Waals surface area contributed by atoms with Crippen LogP contribution in [-0.4, -0.2) is 29.2 Å². The van der Waals surface area contributed by atoms with Crippen LogP contribution in [0.5, 0.6) is 0 Å². The van der Waals surface area contributed by atoms with Crippen molar-refractivity contribution in [2.75, 3.05) is 11.9 Å². The topological polar surface area (TPSA) is 56.7 Å². The number of anilines is 1. The first-order chi connectivity index (χ1) is 11.6. The van der Waals surface area contributed by atoms with E-state index in [9.17, 15) is 4.79 Å². The number of hydrogen-bond donors (Lipinski definition) is 2. The molecule has 2 aliphatic heterocycles. The van der Waals surface area contributed by atoms with Gasteiger partial charge in [0, 0.05) is 24.7 Å². The second-order valence-electron chi connectivity index (χ2n) is 6.27. The normalized spacial score (nSPS) is 23.8. The first-order valence-corrected chi connectivity index (χ1v) is 8.42. The van der Waals surface area contributed by atoms with E-state index < -0.39 is 0 Å². The van der Waals surface area contributed by atoms with Gasteiger partial charge >= 0.3 is 0 Å². The first kappa shape index (κ1) is 16.3. The summed E-state index contributed by atoms with van der Waals surface area (Å²) < 4.78 is 0. The molecule has 1 amide bonds. The SMILES string of the molecule is C=C(/N=C1\C(=C/C)NC(=O)C[C@@H]2CCCN12)Nc1ccccc1C. The third-order valence-corrected chi connectivity index (χ3v) is 4.54. The third kappa shape index (κ3) is 3.35. The summed E-state index contributed by atoms with van der Waals surface area (Å²) in [6.45, 7) is 8.94. The van der Waals surface area contributed by atoms with Crippen molar-refractivity contribution in [3.8, 4) is 0 Å². The van der Waals surface area contributed by atoms with Gasteiger partial charge in [0.05, 0.1) is 5.70 Å². The fourth-order valence-electron chi connectivity index (χ4n) is 3.30. The molecular weight excluding hydrogens is 300 g/mol. The van der Waals surface area contributed by atoms with Gasteiger partial charge in [0.25, 0.3) is 0 Å². The quantitative estimate of drug-likeness (QED) is 0.898. The summed E-state index contributed by atoms with van der Waals surface area (Å²) in [6, 6.07) is 8.26. The van der Waals surface area contributed by atoms with Crippen LogP contribution < -0.4 is 10.6 Å². The number of hydrogen-bond acceptors (Lipinski definition) is 3. The highest BCUT2D eigenvalue weighted by atomic mass is 16.1. The van der Waals surface area contributed by atoms with E-state index in [0.29, 0.717) is 12.2 Å². The first-order valence-electron chi connectivity index (χ1n) is 8.42. The van der Waals surface area contributed by atoms with E-state index in [4.69, 9.17) is 4.99 Å². The molecule has 0 radical (unpaired) electrons. The van der Waals surface area contributed by atoms with Crippen LogP contribution in [0.3, 0.4) is 0 Å². The Morgan fingerprint density at radius 2 is 2.25 bits per heavy atom. The minimum atomic E-state index is 0.0580. The molecule has 2 fully saturated rings. The van der Waals surface area contributed by atoms with Crippen LogP contribution in [0.25, 0.3) is 0 Å². The van der Waals surface area contributed by atoms with Crippen LogP contribution in [0.15, 0.2) is 53.4 Å². The highest BCUT2D eigenvalue weighted by Crippen LogP contribution is 2.26. The summed E-state index contributed by atoms with van der Waals surface area (Å²) in [6.07, 6.45) is 4.54. The molecule has 2 aliphatic rings. The van der Waals surface area contributed by atoms with E-state index in [1.54, 1.807) is 0 Å². The van der Waals surface area contributed by atoms with Gasteiger partial charge in [-0.15, -0.1) is 0 Å². The molecule has 2 N–H and O–H groups in total. The predicted octanol–water partition coefficient (Wildman–Crippen LogP) is 3.16. The maximum Gasteiger partial charge on any atom is 0.226 e. The van der Waals surface area contributed by atoms with Crippen molar-refractivity contribution in [3.63, 3.8) is 0 Å². The highest BCUT2D eigenvalue weighted by Gasteiger charge is 2.34. The number of carbonyl (C=O) groups excluding carboxylic acids is 1. The van der Waals surface area contributed by atoms with Crippen molar-refractivity contribution < 1.29 is 4.79 Å². The van der Waals surface area contributed by atoms with E-state index in [2.05, 4.69) is 22.1 Å². The van der Waals surface area contributed by atoms with Gasteiger partial charge in [0.2, 0.25) is 5.91 Å². The minimum absolute atomic E-state index is 0.0580. The number of aryl methyl sites for hydroxylation is 1. The van der Waals surface area contributed by atoms with Crippen LogP contribution in [0.4, 0.5) is 5.69 Å². The molecule has 0 aromatic heterocycles. The molecular formula is C19H24N4O. The second-order valence-corrected chi connectivity index (χ2v) is 6.27. The van der Waals surface area contributed by atoms with Gasteiger partial charge in [0.15, 0.2) is 5.84 Å². The average Bonchev–Trinajstić information content (AvgIpc) is 2.96. The second kappa shape index (κ2) is 6.91. The Labute approximate surface area is 143 Å². The molecule has 0 aliphatic carbocycles. The zero-order chi connectivity index (χ0) is 17.1. The Balaban J connectivity index is 1.88. The van der Waals surface area contributed by atoms with Crippen molar-refractivity contribution in [1.29, 1.82) is 0 Å². The van der Waals surface area contributed by atoms with Crippen molar-refractivity contribution in [3.05, 3.63) is 54.0 Å². The Bertz CT molecular complexity index is 720. The Morgan fingerprint density at radius 1 is 1.46 bits per heavy atom. The third-order valence-electron chi connectivity index (χ3n) is 4.54. The molecule has 126 valence electrons. The molecule has 5 nitrogen and oxygen atoms in total. The lowest BCUT2D eigenvalue weighted by molar-refractivity contribution is -0.120. The molecule has 0 unspecified atom stereocenters. The summed E-state index contributed by atoms with van der Waals surface area (Å²) in [5.74, 6) is 1.43. The number of aliphatic imine (C=N–C) groups is 1. The lowest BCUT2D eigenvalue weighted by Crippen LogP contribution is -2.36. The lowest BCUT2D eigenvalue weighted by atomic mass is 10.1. The number of benzene rings is 1. The van der Waals surface area contributed by atoms with Crippen molar-refractivity contribution in [1.82, 2.24) is 10.2 Å². The number of fused-ring (bicyclic) bond motifs is 1. The molecule has 1 atom stereocenters. The van der Waals surface area contributed by atoms with Gasteiger partial charge in [-0.3, -0.25) is 4.79 Å². The van der Waals surface area contributed by atoms with Crippen LogP contribution in [0.1, 0.15) is 31.7 Å². The summed E-state index contributed by atoms with van der Waals surface area (Å²) >= 11 is 0. The average molecular weight is 324 g/mol. The number of allylic oxidation sites excluding steroid dienone is 1. The lowest BCUT2D eigenvalue weighted by Gasteiger charge is -2.25. The Morgan fingerprint density at radius 3 is 3.00 bits per heavy atom. The fourth-order valence-corrected chi connectivity index (χ4v) is 3.30. The molecule has 1 aromatic carbocycles. The number of amides is 1. The number of nitrogens with zero attached hydrogens (tertiary/aromatic N) is 2. The molecule has 3 rings (SSSR count). The maximum absolute atomic E-state index is 12.1. The number of rotatable bonds is 3. The van der Waals surface area contributed by atoms with Gasteiger partial charge < -0.3 is 15.5 Å². The Kier molecular flexibility index (Phi) is 4.69. The number of amidine groups is 1. The standard InChI is InChI=1S/C19H24N4O/c1-4-16-19(23-11-7-9-15(23)12-18(24)22-16)21-14(3)20-17-10-6-5-8-13(17)2/h4-6,8,10,15,20H,3,7,9,11-12H2,1-2H3,(H,22,24)/b16-4+,21-19+/t15-/m0/s1. The van der Waals surface area contributed by atoms with Crippen LogP contribution >= 0.6 is 0 Å². The fraction of sp³-hybridized carbons (Fsp3) is 0.368. The van der Waals surface area contributed by atoms with Crippen molar-refractivity contribution >= 4 is 17.4 Å². The van der Waals surface area contributed by atoms with Gasteiger partial charge in [-0.2, -0.15) is 0 Å². The highest BCUT2D eigenvalue weighted by molar-refractivity contribution is 6.03. The van der Waals surface area contributed by atoms with E-state index in [0.717, 1.165) is 42.2 Å². The van der Waals surface area contributed by atoms with Gasteiger partial charge in [-0.05, 0) is 38.3 Å². The summed E-state index contributed by atoms with van der Waals surface area (Å²) in [5, 5.41) is 6.23. The summed E-state index contributed by atoms with van der Waals surface area (Å²) in [7, 11) is 0. The Hall–Kier alpha value is -2.56. The van der Waals surface area contributed by atoms with Crippen LogP contribution in [-0.2, 0) is 4.79 Å². The minimum Gasteiger partial charge on any atom is -0.351 e. The largest absolute Gasteiger partial charge is 0.351 e. The molecule has 24 heavy (non-hydrogen) atoms. The van der Waals surface area contributed by atoms with Gasteiger partial charge in [-0.25, -0.2) is 4.99 Å². The van der Waals surface area contributed by atoms with E-state index in [-0.39, 0.29) is 11.9 Å². The van der Waals surface area contributed by atoms with Gasteiger partial charge in [0.1, 0.15) is 5.82 Å². The predicted molar refractivity (Wildman–Crippen MR) is 97.6 cm³/mol. The molecule has 2 saturated heterocycles. The number of para-hydroxylation sites is 1. The monoisotopic (exact) mass is 324 g/mol. The van der Waals surface area contributed by atoms with Gasteiger partial charge in [-0.1, -0.05) is 30.9 Å². The number of carbonyl (C=O) groups is 1.